The molecule has 0 saturated heterocycles. The molecule has 0 aliphatic carbocycles. The van der Waals surface area contributed by atoms with Gasteiger partial charge in [0.25, 0.3) is 0 Å². The Bertz CT molecular complexity index is 1150. The quantitative estimate of drug-likeness (QED) is 0.450. The zero-order chi connectivity index (χ0) is 19.3. The molecular formula is C19H16N6O2S. The van der Waals surface area contributed by atoms with Crippen LogP contribution in [0.3, 0.4) is 0 Å². The number of thioether (sulfide) groups is 1. The van der Waals surface area contributed by atoms with E-state index in [0.717, 1.165) is 28.2 Å². The molecule has 0 fully saturated rings. The second kappa shape index (κ2) is 8.05. The van der Waals surface area contributed by atoms with Crippen LogP contribution >= 0.6 is 11.8 Å². The number of nitrogens with zero attached hydrogens (tertiary/aromatic N) is 3. The summed E-state index contributed by atoms with van der Waals surface area (Å²) in [5, 5.41) is 14.5. The first-order valence-corrected chi connectivity index (χ1v) is 9.53. The van der Waals surface area contributed by atoms with Gasteiger partial charge in [-0.3, -0.25) is 10.1 Å². The van der Waals surface area contributed by atoms with Crippen molar-refractivity contribution in [2.75, 3.05) is 5.75 Å². The van der Waals surface area contributed by atoms with Gasteiger partial charge in [-0.05, 0) is 11.6 Å². The van der Waals surface area contributed by atoms with Gasteiger partial charge in [0, 0.05) is 17.4 Å². The topological polar surface area (TPSA) is 113 Å². The summed E-state index contributed by atoms with van der Waals surface area (Å²) < 4.78 is 0. The summed E-state index contributed by atoms with van der Waals surface area (Å²) in [6, 6.07) is 16.6. The normalized spacial score (nSPS) is 10.9. The molecule has 4 rings (SSSR count). The Morgan fingerprint density at radius 1 is 1.00 bits per heavy atom. The minimum atomic E-state index is -0.542. The van der Waals surface area contributed by atoms with Gasteiger partial charge in [0.15, 0.2) is 5.65 Å². The molecule has 0 unspecified atom stereocenters. The third kappa shape index (κ3) is 4.09. The van der Waals surface area contributed by atoms with Crippen molar-refractivity contribution >= 4 is 45.8 Å². The molecule has 2 heterocycles. The average Bonchev–Trinajstić information content (AvgIpc) is 3.09. The van der Waals surface area contributed by atoms with Crippen molar-refractivity contribution in [3.63, 3.8) is 0 Å². The maximum Gasteiger partial charge on any atom is 0.321 e. The lowest BCUT2D eigenvalue weighted by Gasteiger charge is -2.06. The molecule has 4 aromatic rings. The van der Waals surface area contributed by atoms with Crippen molar-refractivity contribution in [3.05, 3.63) is 60.2 Å². The van der Waals surface area contributed by atoms with E-state index in [4.69, 9.17) is 0 Å². The molecule has 28 heavy (non-hydrogen) atoms. The number of hydrogen-bond acceptors (Lipinski definition) is 6. The van der Waals surface area contributed by atoms with Crippen molar-refractivity contribution in [3.8, 4) is 0 Å². The molecule has 3 amide bonds. The lowest BCUT2D eigenvalue weighted by atomic mass is 10.2. The Balaban J connectivity index is 1.31. The number of nitrogens with one attached hydrogen (secondary N) is 3. The lowest BCUT2D eigenvalue weighted by Crippen LogP contribution is -2.39. The summed E-state index contributed by atoms with van der Waals surface area (Å²) in [4.78, 5) is 31.3. The Hall–Kier alpha value is -3.46. The molecule has 9 heteroatoms. The number of urea groups is 1. The van der Waals surface area contributed by atoms with Crippen molar-refractivity contribution in [2.45, 2.75) is 11.7 Å². The number of carbonyl (C=O) groups is 2. The Morgan fingerprint density at radius 3 is 2.64 bits per heavy atom. The number of hydrogen-bond donors (Lipinski definition) is 3. The molecule has 0 aliphatic rings. The molecule has 0 bridgehead atoms. The Labute approximate surface area is 164 Å². The highest BCUT2D eigenvalue weighted by molar-refractivity contribution is 7.99. The van der Waals surface area contributed by atoms with E-state index in [1.807, 2.05) is 54.6 Å². The van der Waals surface area contributed by atoms with E-state index in [1.54, 1.807) is 0 Å². The minimum absolute atomic E-state index is 0.00612. The molecule has 8 nitrogen and oxygen atoms in total. The minimum Gasteiger partial charge on any atom is -0.338 e. The van der Waals surface area contributed by atoms with Crippen molar-refractivity contribution in [1.82, 2.24) is 30.8 Å². The Morgan fingerprint density at radius 2 is 1.79 bits per heavy atom. The first-order chi connectivity index (χ1) is 13.7. The van der Waals surface area contributed by atoms with Crippen LogP contribution in [0.15, 0.2) is 59.8 Å². The third-order valence-electron chi connectivity index (χ3n) is 3.98. The van der Waals surface area contributed by atoms with E-state index in [1.165, 1.54) is 0 Å². The SMILES string of the molecule is O=C(CSc1nnc2c(n1)[nH]c1ccccc12)NC(=O)NCc1ccccc1. The number of aromatic nitrogens is 4. The zero-order valence-electron chi connectivity index (χ0n) is 14.7. The number of H-pyrrole nitrogens is 1. The summed E-state index contributed by atoms with van der Waals surface area (Å²) in [6.07, 6.45) is 0. The summed E-state index contributed by atoms with van der Waals surface area (Å²) in [5.74, 6) is -0.428. The van der Waals surface area contributed by atoms with Crippen LogP contribution in [0.1, 0.15) is 5.56 Å². The van der Waals surface area contributed by atoms with Crippen LogP contribution in [0.25, 0.3) is 22.1 Å². The first-order valence-electron chi connectivity index (χ1n) is 8.54. The number of fused-ring (bicyclic) bond motifs is 3. The number of imide groups is 1. The number of para-hydroxylation sites is 1. The highest BCUT2D eigenvalue weighted by Crippen LogP contribution is 2.23. The first kappa shape index (κ1) is 17.9. The molecule has 0 saturated carbocycles. The van der Waals surface area contributed by atoms with Crippen molar-refractivity contribution < 1.29 is 9.59 Å². The number of aromatic amines is 1. The van der Waals surface area contributed by atoms with Gasteiger partial charge in [0.2, 0.25) is 11.1 Å². The van der Waals surface area contributed by atoms with Crippen LogP contribution < -0.4 is 10.6 Å². The fraction of sp³-hybridized carbons (Fsp3) is 0.105. The van der Waals surface area contributed by atoms with E-state index in [0.29, 0.717) is 22.9 Å². The van der Waals surface area contributed by atoms with E-state index in [-0.39, 0.29) is 5.75 Å². The monoisotopic (exact) mass is 392 g/mol. The van der Waals surface area contributed by atoms with E-state index < -0.39 is 11.9 Å². The molecule has 0 spiro atoms. The zero-order valence-corrected chi connectivity index (χ0v) is 15.5. The van der Waals surface area contributed by atoms with Crippen LogP contribution in [0.5, 0.6) is 0 Å². The summed E-state index contributed by atoms with van der Waals surface area (Å²) in [6.45, 7) is 0.344. The molecule has 0 radical (unpaired) electrons. The molecule has 2 aromatic carbocycles. The predicted octanol–water partition coefficient (Wildman–Crippen LogP) is 2.62. The van der Waals surface area contributed by atoms with Gasteiger partial charge in [-0.25, -0.2) is 9.78 Å². The average molecular weight is 392 g/mol. The summed E-state index contributed by atoms with van der Waals surface area (Å²) in [7, 11) is 0. The highest BCUT2D eigenvalue weighted by Gasteiger charge is 2.12. The lowest BCUT2D eigenvalue weighted by molar-refractivity contribution is -0.117. The predicted molar refractivity (Wildman–Crippen MR) is 107 cm³/mol. The van der Waals surface area contributed by atoms with Crippen molar-refractivity contribution in [1.29, 1.82) is 0 Å². The third-order valence-corrected chi connectivity index (χ3v) is 4.82. The van der Waals surface area contributed by atoms with Gasteiger partial charge < -0.3 is 10.3 Å². The second-order valence-corrected chi connectivity index (χ2v) is 6.91. The smallest absolute Gasteiger partial charge is 0.321 e. The standard InChI is InChI=1S/C19H16N6O2S/c26-15(22-18(27)20-10-12-6-2-1-3-7-12)11-28-19-23-17-16(24-25-19)13-8-4-5-9-14(13)21-17/h1-9H,10-11H2,(H,21,23,25)(H2,20,22,26,27). The number of rotatable bonds is 5. The van der Waals surface area contributed by atoms with Crippen molar-refractivity contribution in [2.24, 2.45) is 0 Å². The number of carbonyl (C=O) groups excluding carboxylic acids is 2. The van der Waals surface area contributed by atoms with Crippen LogP contribution in [0.2, 0.25) is 0 Å². The van der Waals surface area contributed by atoms with Crippen LogP contribution in [-0.2, 0) is 11.3 Å². The van der Waals surface area contributed by atoms with Gasteiger partial charge in [-0.2, -0.15) is 0 Å². The van der Waals surface area contributed by atoms with Crippen LogP contribution in [0.4, 0.5) is 4.79 Å². The Kier molecular flexibility index (Phi) is 5.16. The van der Waals surface area contributed by atoms with Gasteiger partial charge in [0.1, 0.15) is 5.52 Å². The number of amides is 3. The van der Waals surface area contributed by atoms with Gasteiger partial charge >= 0.3 is 6.03 Å². The summed E-state index contributed by atoms with van der Waals surface area (Å²) in [5.41, 5.74) is 3.17. The van der Waals surface area contributed by atoms with E-state index >= 15 is 0 Å². The summed E-state index contributed by atoms with van der Waals surface area (Å²) >= 11 is 1.11. The highest BCUT2D eigenvalue weighted by atomic mass is 32.2. The van der Waals surface area contributed by atoms with Crippen LogP contribution in [0, 0.1) is 0 Å². The van der Waals surface area contributed by atoms with E-state index in [2.05, 4.69) is 30.8 Å². The van der Waals surface area contributed by atoms with E-state index in [9.17, 15) is 9.59 Å². The molecule has 3 N–H and O–H groups in total. The van der Waals surface area contributed by atoms with Crippen LogP contribution in [-0.4, -0.2) is 37.9 Å². The maximum atomic E-state index is 12.0. The molecule has 0 aliphatic heterocycles. The molecule has 2 aromatic heterocycles. The second-order valence-electron chi connectivity index (χ2n) is 5.97. The number of benzene rings is 2. The molecule has 0 atom stereocenters. The fourth-order valence-electron chi connectivity index (χ4n) is 2.68. The largest absolute Gasteiger partial charge is 0.338 e. The van der Waals surface area contributed by atoms with Gasteiger partial charge in [-0.1, -0.05) is 60.3 Å². The maximum absolute atomic E-state index is 12.0. The molecular weight excluding hydrogens is 376 g/mol. The van der Waals surface area contributed by atoms with Gasteiger partial charge in [-0.15, -0.1) is 10.2 Å². The molecule has 140 valence electrons. The fourth-order valence-corrected chi connectivity index (χ4v) is 3.27. The van der Waals surface area contributed by atoms with Gasteiger partial charge in [0.05, 0.1) is 5.75 Å².